The third-order valence-electron chi connectivity index (χ3n) is 4.57. The number of fused-ring (bicyclic) bond motifs is 1. The molecule has 0 spiro atoms. The van der Waals surface area contributed by atoms with Crippen LogP contribution < -0.4 is 14.8 Å². The topological polar surface area (TPSA) is 30.5 Å². The molecule has 1 aliphatic heterocycles. The predicted molar refractivity (Wildman–Crippen MR) is 113 cm³/mol. The lowest BCUT2D eigenvalue weighted by molar-refractivity contribution is 0.267. The van der Waals surface area contributed by atoms with Crippen molar-refractivity contribution in [3.05, 3.63) is 64.2 Å². The van der Waals surface area contributed by atoms with Crippen LogP contribution >= 0.6 is 11.6 Å². The van der Waals surface area contributed by atoms with Gasteiger partial charge in [-0.3, -0.25) is 0 Å². The molecule has 0 bridgehead atoms. The number of rotatable bonds is 8. The SMILES string of the molecule is CCCOc1cc2c(cc1OCCC)C(C=Cc1ccc(Cl)cc1)NCC2. The Hall–Kier alpha value is -1.97. The fraction of sp³-hybridized carbons (Fsp3) is 0.391. The van der Waals surface area contributed by atoms with Crippen molar-refractivity contribution in [1.82, 2.24) is 5.32 Å². The molecule has 2 aromatic carbocycles. The van der Waals surface area contributed by atoms with E-state index in [-0.39, 0.29) is 6.04 Å². The summed E-state index contributed by atoms with van der Waals surface area (Å²) in [4.78, 5) is 0. The number of benzene rings is 2. The zero-order valence-corrected chi connectivity index (χ0v) is 16.9. The molecule has 0 fully saturated rings. The van der Waals surface area contributed by atoms with Crippen LogP contribution in [0.2, 0.25) is 5.02 Å². The van der Waals surface area contributed by atoms with Crippen LogP contribution in [0.1, 0.15) is 49.4 Å². The minimum absolute atomic E-state index is 0.161. The molecule has 1 heterocycles. The van der Waals surface area contributed by atoms with Gasteiger partial charge >= 0.3 is 0 Å². The number of hydrogen-bond donors (Lipinski definition) is 1. The van der Waals surface area contributed by atoms with Gasteiger partial charge in [0.25, 0.3) is 0 Å². The highest BCUT2D eigenvalue weighted by molar-refractivity contribution is 6.30. The van der Waals surface area contributed by atoms with Crippen molar-refractivity contribution in [3.8, 4) is 11.5 Å². The number of nitrogens with one attached hydrogen (secondary N) is 1. The molecular formula is C23H28ClNO2. The smallest absolute Gasteiger partial charge is 0.161 e. The molecule has 27 heavy (non-hydrogen) atoms. The van der Waals surface area contributed by atoms with Gasteiger partial charge in [-0.25, -0.2) is 0 Å². The first-order valence-electron chi connectivity index (χ1n) is 9.80. The number of hydrogen-bond acceptors (Lipinski definition) is 3. The molecule has 3 nitrogen and oxygen atoms in total. The summed E-state index contributed by atoms with van der Waals surface area (Å²) in [5.74, 6) is 1.71. The first-order valence-corrected chi connectivity index (χ1v) is 10.2. The molecule has 1 unspecified atom stereocenters. The normalized spacial score (nSPS) is 16.3. The average Bonchev–Trinajstić information content (AvgIpc) is 2.70. The highest BCUT2D eigenvalue weighted by Crippen LogP contribution is 2.36. The van der Waals surface area contributed by atoms with E-state index in [1.54, 1.807) is 0 Å². The summed E-state index contributed by atoms with van der Waals surface area (Å²) in [6.45, 7) is 6.58. The molecule has 0 aromatic heterocycles. The Bertz CT molecular complexity index is 771. The molecule has 0 saturated heterocycles. The zero-order chi connectivity index (χ0) is 19.1. The van der Waals surface area contributed by atoms with Gasteiger partial charge in [0.2, 0.25) is 0 Å². The van der Waals surface area contributed by atoms with Gasteiger partial charge in [-0.2, -0.15) is 0 Å². The summed E-state index contributed by atoms with van der Waals surface area (Å²) in [7, 11) is 0. The van der Waals surface area contributed by atoms with Crippen LogP contribution in [0.5, 0.6) is 11.5 Å². The van der Waals surface area contributed by atoms with Gasteiger partial charge in [0.1, 0.15) is 0 Å². The van der Waals surface area contributed by atoms with Crippen LogP contribution in [0, 0.1) is 0 Å². The maximum Gasteiger partial charge on any atom is 0.161 e. The number of halogens is 1. The van der Waals surface area contributed by atoms with Crippen LogP contribution in [-0.2, 0) is 6.42 Å². The van der Waals surface area contributed by atoms with Gasteiger partial charge in [0.05, 0.1) is 19.3 Å². The second kappa shape index (κ2) is 9.82. The highest BCUT2D eigenvalue weighted by Gasteiger charge is 2.21. The zero-order valence-electron chi connectivity index (χ0n) is 16.1. The summed E-state index contributed by atoms with van der Waals surface area (Å²) >= 11 is 5.98. The van der Waals surface area contributed by atoms with Crippen molar-refractivity contribution >= 4 is 17.7 Å². The molecule has 0 saturated carbocycles. The van der Waals surface area contributed by atoms with Crippen molar-refractivity contribution < 1.29 is 9.47 Å². The standard InChI is InChI=1S/C23H28ClNO2/c1-3-13-26-22-15-18-11-12-25-21(20(18)16-23(22)27-14-4-2)10-7-17-5-8-19(24)9-6-17/h5-10,15-16,21,25H,3-4,11-14H2,1-2H3. The lowest BCUT2D eigenvalue weighted by Gasteiger charge is -2.26. The Labute approximate surface area is 167 Å². The van der Waals surface area contributed by atoms with Crippen LogP contribution in [0.3, 0.4) is 0 Å². The van der Waals surface area contributed by atoms with Gasteiger partial charge in [0, 0.05) is 11.6 Å². The number of ether oxygens (including phenoxy) is 2. The largest absolute Gasteiger partial charge is 0.490 e. The van der Waals surface area contributed by atoms with E-state index in [0.29, 0.717) is 13.2 Å². The van der Waals surface area contributed by atoms with E-state index in [2.05, 4.69) is 43.4 Å². The average molecular weight is 386 g/mol. The lowest BCUT2D eigenvalue weighted by atomic mass is 9.93. The highest BCUT2D eigenvalue weighted by atomic mass is 35.5. The van der Waals surface area contributed by atoms with Gasteiger partial charge in [0.15, 0.2) is 11.5 Å². The first kappa shape index (κ1) is 19.8. The Balaban J connectivity index is 1.87. The van der Waals surface area contributed by atoms with E-state index in [4.69, 9.17) is 21.1 Å². The van der Waals surface area contributed by atoms with Crippen molar-refractivity contribution in [1.29, 1.82) is 0 Å². The maximum atomic E-state index is 5.98. The van der Waals surface area contributed by atoms with Crippen LogP contribution in [-0.4, -0.2) is 19.8 Å². The predicted octanol–water partition coefficient (Wildman–Crippen LogP) is 5.82. The molecule has 1 N–H and O–H groups in total. The molecule has 2 aromatic rings. The van der Waals surface area contributed by atoms with E-state index in [0.717, 1.165) is 47.9 Å². The van der Waals surface area contributed by atoms with Gasteiger partial charge in [-0.15, -0.1) is 0 Å². The Morgan fingerprint density at radius 2 is 1.70 bits per heavy atom. The van der Waals surface area contributed by atoms with Crippen molar-refractivity contribution in [3.63, 3.8) is 0 Å². The van der Waals surface area contributed by atoms with Gasteiger partial charge in [-0.1, -0.05) is 49.7 Å². The second-order valence-electron chi connectivity index (χ2n) is 6.79. The summed E-state index contributed by atoms with van der Waals surface area (Å²) in [5, 5.41) is 4.35. The van der Waals surface area contributed by atoms with Crippen molar-refractivity contribution in [2.24, 2.45) is 0 Å². The maximum absolute atomic E-state index is 5.98. The minimum Gasteiger partial charge on any atom is -0.490 e. The monoisotopic (exact) mass is 385 g/mol. The van der Waals surface area contributed by atoms with Crippen molar-refractivity contribution in [2.45, 2.75) is 39.2 Å². The molecule has 4 heteroatoms. The third kappa shape index (κ3) is 5.27. The molecule has 3 rings (SSSR count). The summed E-state index contributed by atoms with van der Waals surface area (Å²) in [6.07, 6.45) is 7.30. The van der Waals surface area contributed by atoms with E-state index >= 15 is 0 Å². The van der Waals surface area contributed by atoms with Gasteiger partial charge < -0.3 is 14.8 Å². The molecule has 144 valence electrons. The fourth-order valence-electron chi connectivity index (χ4n) is 3.20. The Morgan fingerprint density at radius 1 is 1.04 bits per heavy atom. The lowest BCUT2D eigenvalue weighted by Crippen LogP contribution is -2.28. The Kier molecular flexibility index (Phi) is 7.19. The van der Waals surface area contributed by atoms with Crippen molar-refractivity contribution in [2.75, 3.05) is 19.8 Å². The second-order valence-corrected chi connectivity index (χ2v) is 7.22. The summed E-state index contributed by atoms with van der Waals surface area (Å²) in [6, 6.07) is 12.4. The van der Waals surface area contributed by atoms with E-state index in [1.807, 2.05) is 24.3 Å². The minimum atomic E-state index is 0.161. The molecular weight excluding hydrogens is 358 g/mol. The Morgan fingerprint density at radius 3 is 2.37 bits per heavy atom. The molecule has 1 aliphatic rings. The molecule has 0 radical (unpaired) electrons. The first-order chi connectivity index (χ1) is 13.2. The summed E-state index contributed by atoms with van der Waals surface area (Å²) < 4.78 is 11.9. The van der Waals surface area contributed by atoms with E-state index < -0.39 is 0 Å². The molecule has 0 amide bonds. The summed E-state index contributed by atoms with van der Waals surface area (Å²) in [5.41, 5.74) is 3.73. The third-order valence-corrected chi connectivity index (χ3v) is 4.83. The van der Waals surface area contributed by atoms with E-state index in [9.17, 15) is 0 Å². The van der Waals surface area contributed by atoms with Crippen LogP contribution in [0.25, 0.3) is 6.08 Å². The molecule has 0 aliphatic carbocycles. The van der Waals surface area contributed by atoms with Crippen LogP contribution in [0.4, 0.5) is 0 Å². The fourth-order valence-corrected chi connectivity index (χ4v) is 3.32. The van der Waals surface area contributed by atoms with Gasteiger partial charge in [-0.05, 0) is 60.2 Å². The van der Waals surface area contributed by atoms with E-state index in [1.165, 1.54) is 11.1 Å². The quantitative estimate of drug-likeness (QED) is 0.621. The van der Waals surface area contributed by atoms with Crippen LogP contribution in [0.15, 0.2) is 42.5 Å². The molecule has 1 atom stereocenters.